The van der Waals surface area contributed by atoms with Crippen molar-refractivity contribution in [1.82, 2.24) is 5.32 Å². The minimum atomic E-state index is -0.564. The second-order valence-corrected chi connectivity index (χ2v) is 6.11. The summed E-state index contributed by atoms with van der Waals surface area (Å²) in [5.41, 5.74) is 1.34. The molecule has 0 spiro atoms. The maximum absolute atomic E-state index is 11.9. The third kappa shape index (κ3) is 5.54. The van der Waals surface area contributed by atoms with Gasteiger partial charge >= 0.3 is 5.97 Å². The standard InChI is InChI=1S/C19H22N2O3/c1-14-4-2-3-5-17(14)21-18(22)13-24-19(23)11-10-15-6-8-16(12-20)9-7-15/h6-11,14,17H,2-5,13H2,1H3,(H,21,22)/b11-10+/t14-,17+/m0/s1. The second kappa shape index (κ2) is 8.88. The van der Waals surface area contributed by atoms with Crippen LogP contribution in [-0.4, -0.2) is 24.5 Å². The number of carbonyl (C=O) groups is 2. The Balaban J connectivity index is 1.74. The van der Waals surface area contributed by atoms with Gasteiger partial charge < -0.3 is 10.1 Å². The number of benzene rings is 1. The fraction of sp³-hybridized carbons (Fsp3) is 0.421. The summed E-state index contributed by atoms with van der Waals surface area (Å²) in [6, 6.07) is 9.02. The number of esters is 1. The molecule has 0 saturated heterocycles. The summed E-state index contributed by atoms with van der Waals surface area (Å²) in [6.07, 6.45) is 7.31. The number of amides is 1. The summed E-state index contributed by atoms with van der Waals surface area (Å²) in [6.45, 7) is 1.87. The van der Waals surface area contributed by atoms with Crippen LogP contribution < -0.4 is 5.32 Å². The summed E-state index contributed by atoms with van der Waals surface area (Å²) < 4.78 is 4.96. The normalized spacial score (nSPS) is 20.3. The average Bonchev–Trinajstić information content (AvgIpc) is 2.60. The molecule has 1 aromatic rings. The monoisotopic (exact) mass is 326 g/mol. The van der Waals surface area contributed by atoms with Gasteiger partial charge in [0.15, 0.2) is 6.61 Å². The largest absolute Gasteiger partial charge is 0.452 e. The lowest BCUT2D eigenvalue weighted by molar-refractivity contribution is -0.144. The topological polar surface area (TPSA) is 79.2 Å². The quantitative estimate of drug-likeness (QED) is 0.666. The van der Waals surface area contributed by atoms with Gasteiger partial charge in [0, 0.05) is 12.1 Å². The van der Waals surface area contributed by atoms with E-state index in [-0.39, 0.29) is 18.6 Å². The van der Waals surface area contributed by atoms with E-state index in [1.807, 2.05) is 6.07 Å². The van der Waals surface area contributed by atoms with Gasteiger partial charge in [0.25, 0.3) is 5.91 Å². The Morgan fingerprint density at radius 2 is 2.00 bits per heavy atom. The number of nitriles is 1. The van der Waals surface area contributed by atoms with Crippen LogP contribution in [-0.2, 0) is 14.3 Å². The fourth-order valence-electron chi connectivity index (χ4n) is 2.80. The third-order valence-electron chi connectivity index (χ3n) is 4.26. The van der Waals surface area contributed by atoms with Gasteiger partial charge in [0.1, 0.15) is 0 Å². The minimum absolute atomic E-state index is 0.180. The van der Waals surface area contributed by atoms with E-state index in [0.29, 0.717) is 11.5 Å². The summed E-state index contributed by atoms with van der Waals surface area (Å²) >= 11 is 0. The molecule has 1 aromatic carbocycles. The number of rotatable bonds is 5. The van der Waals surface area contributed by atoms with Crippen LogP contribution in [0.5, 0.6) is 0 Å². The number of ether oxygens (including phenoxy) is 1. The van der Waals surface area contributed by atoms with E-state index in [2.05, 4.69) is 12.2 Å². The molecule has 1 amide bonds. The molecular weight excluding hydrogens is 304 g/mol. The third-order valence-corrected chi connectivity index (χ3v) is 4.26. The zero-order valence-corrected chi connectivity index (χ0v) is 13.8. The lowest BCUT2D eigenvalue weighted by atomic mass is 9.86. The van der Waals surface area contributed by atoms with Crippen molar-refractivity contribution in [3.63, 3.8) is 0 Å². The molecule has 0 radical (unpaired) electrons. The first-order chi connectivity index (χ1) is 11.6. The Hall–Kier alpha value is -2.61. The molecule has 126 valence electrons. The first-order valence-electron chi connectivity index (χ1n) is 8.23. The SMILES string of the molecule is C[C@H]1CCCC[C@H]1NC(=O)COC(=O)/C=C/c1ccc(C#N)cc1. The molecule has 5 heteroatoms. The van der Waals surface area contributed by atoms with Gasteiger partial charge in [-0.1, -0.05) is 31.9 Å². The van der Waals surface area contributed by atoms with Crippen LogP contribution in [0, 0.1) is 17.2 Å². The summed E-state index contributed by atoms with van der Waals surface area (Å²) in [7, 11) is 0. The van der Waals surface area contributed by atoms with E-state index >= 15 is 0 Å². The van der Waals surface area contributed by atoms with Crippen molar-refractivity contribution in [1.29, 1.82) is 5.26 Å². The van der Waals surface area contributed by atoms with E-state index < -0.39 is 5.97 Å². The van der Waals surface area contributed by atoms with Crippen molar-refractivity contribution in [2.24, 2.45) is 5.92 Å². The summed E-state index contributed by atoms with van der Waals surface area (Å²) in [5.74, 6) is -0.352. The molecule has 1 N–H and O–H groups in total. The number of nitrogens with one attached hydrogen (secondary N) is 1. The van der Waals surface area contributed by atoms with Gasteiger partial charge in [-0.3, -0.25) is 4.79 Å². The Labute approximate surface area is 142 Å². The number of carbonyl (C=O) groups excluding carboxylic acids is 2. The van der Waals surface area contributed by atoms with Crippen LogP contribution in [0.1, 0.15) is 43.7 Å². The Morgan fingerprint density at radius 1 is 1.29 bits per heavy atom. The molecule has 1 saturated carbocycles. The Morgan fingerprint density at radius 3 is 2.67 bits per heavy atom. The smallest absolute Gasteiger partial charge is 0.331 e. The highest BCUT2D eigenvalue weighted by molar-refractivity contribution is 5.89. The van der Waals surface area contributed by atoms with Gasteiger partial charge in [0.05, 0.1) is 11.6 Å². The Bertz CT molecular complexity index is 644. The zero-order chi connectivity index (χ0) is 17.4. The van der Waals surface area contributed by atoms with E-state index in [4.69, 9.17) is 10.00 Å². The lowest BCUT2D eigenvalue weighted by Crippen LogP contribution is -2.42. The molecule has 0 bridgehead atoms. The van der Waals surface area contributed by atoms with Crippen molar-refractivity contribution in [2.75, 3.05) is 6.61 Å². The summed E-state index contributed by atoms with van der Waals surface area (Å²) in [4.78, 5) is 23.5. The van der Waals surface area contributed by atoms with Gasteiger partial charge in [-0.2, -0.15) is 5.26 Å². The van der Waals surface area contributed by atoms with Crippen molar-refractivity contribution >= 4 is 18.0 Å². The lowest BCUT2D eigenvalue weighted by Gasteiger charge is -2.29. The predicted octanol–water partition coefficient (Wildman–Crippen LogP) is 2.81. The molecule has 1 fully saturated rings. The fourth-order valence-corrected chi connectivity index (χ4v) is 2.80. The first-order valence-corrected chi connectivity index (χ1v) is 8.23. The van der Waals surface area contributed by atoms with Crippen molar-refractivity contribution in [2.45, 2.75) is 38.6 Å². The molecule has 2 rings (SSSR count). The number of hydrogen-bond acceptors (Lipinski definition) is 4. The van der Waals surface area contributed by atoms with Crippen LogP contribution >= 0.6 is 0 Å². The van der Waals surface area contributed by atoms with Gasteiger partial charge in [0.2, 0.25) is 0 Å². The minimum Gasteiger partial charge on any atom is -0.452 e. The molecule has 1 aliphatic carbocycles. The van der Waals surface area contributed by atoms with E-state index in [0.717, 1.165) is 24.8 Å². The van der Waals surface area contributed by atoms with Crippen LogP contribution in [0.2, 0.25) is 0 Å². The van der Waals surface area contributed by atoms with Crippen molar-refractivity contribution < 1.29 is 14.3 Å². The zero-order valence-electron chi connectivity index (χ0n) is 13.8. The van der Waals surface area contributed by atoms with E-state index in [1.54, 1.807) is 30.3 Å². The van der Waals surface area contributed by atoms with Crippen LogP contribution in [0.4, 0.5) is 0 Å². The van der Waals surface area contributed by atoms with Gasteiger partial charge in [-0.15, -0.1) is 0 Å². The molecule has 0 unspecified atom stereocenters. The van der Waals surface area contributed by atoms with Gasteiger partial charge in [-0.25, -0.2) is 4.79 Å². The Kier molecular flexibility index (Phi) is 6.56. The molecule has 24 heavy (non-hydrogen) atoms. The molecule has 1 aliphatic rings. The van der Waals surface area contributed by atoms with Gasteiger partial charge in [-0.05, 0) is 42.5 Å². The van der Waals surface area contributed by atoms with Crippen molar-refractivity contribution in [3.05, 3.63) is 41.5 Å². The van der Waals surface area contributed by atoms with Crippen LogP contribution in [0.25, 0.3) is 6.08 Å². The number of hydrogen-bond donors (Lipinski definition) is 1. The van der Waals surface area contributed by atoms with Crippen LogP contribution in [0.3, 0.4) is 0 Å². The van der Waals surface area contributed by atoms with Crippen molar-refractivity contribution in [3.8, 4) is 6.07 Å². The molecule has 0 aliphatic heterocycles. The molecule has 2 atom stereocenters. The average molecular weight is 326 g/mol. The summed E-state index contributed by atoms with van der Waals surface area (Å²) in [5, 5.41) is 11.7. The van der Waals surface area contributed by atoms with E-state index in [1.165, 1.54) is 12.5 Å². The molecular formula is C19H22N2O3. The first kappa shape index (κ1) is 17.7. The second-order valence-electron chi connectivity index (χ2n) is 6.11. The highest BCUT2D eigenvalue weighted by Gasteiger charge is 2.22. The highest BCUT2D eigenvalue weighted by atomic mass is 16.5. The molecule has 0 aromatic heterocycles. The predicted molar refractivity (Wildman–Crippen MR) is 90.7 cm³/mol. The van der Waals surface area contributed by atoms with E-state index in [9.17, 15) is 9.59 Å². The maximum Gasteiger partial charge on any atom is 0.331 e. The number of nitrogens with zero attached hydrogens (tertiary/aromatic N) is 1. The highest BCUT2D eigenvalue weighted by Crippen LogP contribution is 2.23. The molecule has 5 nitrogen and oxygen atoms in total. The molecule has 0 heterocycles. The van der Waals surface area contributed by atoms with Crippen LogP contribution in [0.15, 0.2) is 30.3 Å². The maximum atomic E-state index is 11.9.